The molecular weight excluding hydrogens is 382 g/mol. The van der Waals surface area contributed by atoms with Crippen LogP contribution in [-0.2, 0) is 0 Å². The van der Waals surface area contributed by atoms with Crippen molar-refractivity contribution in [3.8, 4) is 0 Å². The van der Waals surface area contributed by atoms with Crippen molar-refractivity contribution < 1.29 is 4.79 Å². The molecule has 8 heteroatoms. The molecule has 8 nitrogen and oxygen atoms in total. The molecule has 4 rings (SSSR count). The van der Waals surface area contributed by atoms with Gasteiger partial charge in [0.25, 0.3) is 5.91 Å². The Labute approximate surface area is 173 Å². The third kappa shape index (κ3) is 3.99. The largest absolute Gasteiger partial charge is 0.369 e. The molecule has 0 aliphatic carbocycles. The van der Waals surface area contributed by atoms with Crippen LogP contribution in [0.2, 0.25) is 0 Å². The van der Waals surface area contributed by atoms with Gasteiger partial charge in [-0.1, -0.05) is 6.92 Å². The summed E-state index contributed by atoms with van der Waals surface area (Å²) in [7, 11) is 0. The Morgan fingerprint density at radius 1 is 0.967 bits per heavy atom. The summed E-state index contributed by atoms with van der Waals surface area (Å²) < 4.78 is 0. The Morgan fingerprint density at radius 2 is 1.67 bits per heavy atom. The molecule has 1 aliphatic rings. The maximum absolute atomic E-state index is 12.7. The molecule has 0 saturated carbocycles. The third-order valence-electron chi connectivity index (χ3n) is 5.63. The lowest BCUT2D eigenvalue weighted by Gasteiger charge is -2.35. The fraction of sp³-hybridized carbons (Fsp3) is 0.318. The molecule has 30 heavy (non-hydrogen) atoms. The lowest BCUT2D eigenvalue weighted by molar-refractivity contribution is 0.102. The summed E-state index contributed by atoms with van der Waals surface area (Å²) in [6.07, 6.45) is 0. The van der Waals surface area contributed by atoms with Crippen molar-refractivity contribution >= 4 is 28.3 Å². The molecule has 156 valence electrons. The normalized spacial score (nSPS) is 14.8. The number of rotatable bonds is 4. The van der Waals surface area contributed by atoms with Crippen LogP contribution in [0, 0.1) is 6.92 Å². The third-order valence-corrected chi connectivity index (χ3v) is 5.63. The molecule has 0 unspecified atom stereocenters. The Hall–Kier alpha value is -3.39. The number of amides is 1. The van der Waals surface area contributed by atoms with Gasteiger partial charge in [-0.2, -0.15) is 0 Å². The van der Waals surface area contributed by atoms with Crippen molar-refractivity contribution in [3.05, 3.63) is 68.2 Å². The first kappa shape index (κ1) is 19.9. The van der Waals surface area contributed by atoms with Gasteiger partial charge in [0.2, 0.25) is 0 Å². The fourth-order valence-corrected chi connectivity index (χ4v) is 3.76. The second kappa shape index (κ2) is 8.16. The summed E-state index contributed by atoms with van der Waals surface area (Å²) in [5, 5.41) is 2.93. The van der Waals surface area contributed by atoms with Crippen molar-refractivity contribution in [1.82, 2.24) is 14.9 Å². The van der Waals surface area contributed by atoms with Crippen LogP contribution in [0.25, 0.3) is 11.0 Å². The number of hydrogen-bond acceptors (Lipinski definition) is 5. The zero-order valence-corrected chi connectivity index (χ0v) is 17.1. The van der Waals surface area contributed by atoms with Crippen LogP contribution in [0.4, 0.5) is 11.4 Å². The van der Waals surface area contributed by atoms with Gasteiger partial charge in [-0.05, 0) is 55.4 Å². The Kier molecular flexibility index (Phi) is 5.41. The number of benzene rings is 2. The van der Waals surface area contributed by atoms with Crippen molar-refractivity contribution in [2.75, 3.05) is 42.9 Å². The SMILES string of the molecule is CCN1CCN(c2ccc(NC(=O)c3ccc4[nH]c(=O)c(=O)[nH]c4c3)c(C)c2)CC1. The Balaban J connectivity index is 1.50. The van der Waals surface area contributed by atoms with E-state index in [4.69, 9.17) is 0 Å². The number of carbonyl (C=O) groups excluding carboxylic acids is 1. The molecule has 1 aliphatic heterocycles. The number of nitrogens with one attached hydrogen (secondary N) is 3. The van der Waals surface area contributed by atoms with E-state index < -0.39 is 11.1 Å². The number of carbonyl (C=O) groups is 1. The van der Waals surface area contributed by atoms with Gasteiger partial charge in [-0.15, -0.1) is 0 Å². The van der Waals surface area contributed by atoms with E-state index in [0.717, 1.165) is 49.7 Å². The van der Waals surface area contributed by atoms with Gasteiger partial charge in [-0.25, -0.2) is 0 Å². The highest BCUT2D eigenvalue weighted by Crippen LogP contribution is 2.24. The molecular formula is C22H25N5O3. The van der Waals surface area contributed by atoms with Crippen LogP contribution >= 0.6 is 0 Å². The first-order valence-electron chi connectivity index (χ1n) is 10.1. The molecule has 1 fully saturated rings. The van der Waals surface area contributed by atoms with Crippen LogP contribution in [-0.4, -0.2) is 53.5 Å². The Morgan fingerprint density at radius 3 is 2.33 bits per heavy atom. The highest BCUT2D eigenvalue weighted by molar-refractivity contribution is 6.06. The van der Waals surface area contributed by atoms with Crippen LogP contribution < -0.4 is 21.3 Å². The van der Waals surface area contributed by atoms with Crippen molar-refractivity contribution in [1.29, 1.82) is 0 Å². The summed E-state index contributed by atoms with van der Waals surface area (Å²) in [5.41, 5.74) is 2.70. The van der Waals surface area contributed by atoms with Gasteiger partial charge < -0.3 is 25.1 Å². The lowest BCUT2D eigenvalue weighted by Crippen LogP contribution is -2.46. The molecule has 1 saturated heterocycles. The molecule has 2 aromatic carbocycles. The quantitative estimate of drug-likeness (QED) is 0.574. The highest BCUT2D eigenvalue weighted by atomic mass is 16.2. The number of piperazine rings is 1. The number of aryl methyl sites for hydroxylation is 1. The summed E-state index contributed by atoms with van der Waals surface area (Å²) in [5.74, 6) is -0.281. The van der Waals surface area contributed by atoms with Gasteiger partial charge >= 0.3 is 11.1 Å². The van der Waals surface area contributed by atoms with E-state index in [1.54, 1.807) is 18.2 Å². The average Bonchev–Trinajstić information content (AvgIpc) is 2.75. The second-order valence-corrected chi connectivity index (χ2v) is 7.54. The molecule has 0 atom stereocenters. The van der Waals surface area contributed by atoms with E-state index in [9.17, 15) is 14.4 Å². The number of aromatic amines is 2. The number of H-pyrrole nitrogens is 2. The van der Waals surface area contributed by atoms with E-state index in [0.29, 0.717) is 16.6 Å². The molecule has 3 N–H and O–H groups in total. The number of nitrogens with zero attached hydrogens (tertiary/aromatic N) is 2. The standard InChI is InChI=1S/C22H25N5O3/c1-3-26-8-10-27(11-9-26)16-5-7-17(14(2)12-16)23-20(28)15-4-6-18-19(13-15)25-22(30)21(29)24-18/h4-7,12-13H,3,8-11H2,1-2H3,(H,23,28)(H,24,29)(H,25,30). The number of hydrogen-bond donors (Lipinski definition) is 3. The topological polar surface area (TPSA) is 101 Å². The van der Waals surface area contributed by atoms with Gasteiger partial charge in [0.05, 0.1) is 11.0 Å². The molecule has 0 spiro atoms. The monoisotopic (exact) mass is 407 g/mol. The minimum Gasteiger partial charge on any atom is -0.369 e. The van der Waals surface area contributed by atoms with Gasteiger partial charge in [0.15, 0.2) is 0 Å². The minimum absolute atomic E-state index is 0.281. The Bertz CT molecular complexity index is 1210. The molecule has 1 amide bonds. The van der Waals surface area contributed by atoms with Gasteiger partial charge in [-0.3, -0.25) is 14.4 Å². The van der Waals surface area contributed by atoms with E-state index in [1.807, 2.05) is 19.1 Å². The predicted molar refractivity (Wildman–Crippen MR) is 119 cm³/mol. The summed E-state index contributed by atoms with van der Waals surface area (Å²) >= 11 is 0. The second-order valence-electron chi connectivity index (χ2n) is 7.54. The highest BCUT2D eigenvalue weighted by Gasteiger charge is 2.17. The molecule has 1 aromatic heterocycles. The van der Waals surface area contributed by atoms with E-state index in [2.05, 4.69) is 38.1 Å². The molecule has 0 bridgehead atoms. The fourth-order valence-electron chi connectivity index (χ4n) is 3.76. The van der Waals surface area contributed by atoms with Crippen LogP contribution in [0.15, 0.2) is 46.0 Å². The summed E-state index contributed by atoms with van der Waals surface area (Å²) in [4.78, 5) is 45.5. The summed E-state index contributed by atoms with van der Waals surface area (Å²) in [6.45, 7) is 9.35. The molecule has 2 heterocycles. The lowest BCUT2D eigenvalue weighted by atomic mass is 10.1. The number of likely N-dealkylation sites (N-methyl/N-ethyl adjacent to an activating group) is 1. The number of aromatic nitrogens is 2. The van der Waals surface area contributed by atoms with Crippen molar-refractivity contribution in [3.63, 3.8) is 0 Å². The van der Waals surface area contributed by atoms with Crippen LogP contribution in [0.3, 0.4) is 0 Å². The number of anilines is 2. The van der Waals surface area contributed by atoms with Crippen LogP contribution in [0.5, 0.6) is 0 Å². The zero-order chi connectivity index (χ0) is 21.3. The van der Waals surface area contributed by atoms with E-state index >= 15 is 0 Å². The van der Waals surface area contributed by atoms with Crippen molar-refractivity contribution in [2.24, 2.45) is 0 Å². The predicted octanol–water partition coefficient (Wildman–Crippen LogP) is 1.92. The first-order valence-corrected chi connectivity index (χ1v) is 10.1. The van der Waals surface area contributed by atoms with Crippen LogP contribution in [0.1, 0.15) is 22.8 Å². The average molecular weight is 407 g/mol. The smallest absolute Gasteiger partial charge is 0.314 e. The minimum atomic E-state index is -0.744. The van der Waals surface area contributed by atoms with E-state index in [-0.39, 0.29) is 5.91 Å². The number of fused-ring (bicyclic) bond motifs is 1. The van der Waals surface area contributed by atoms with E-state index in [1.165, 1.54) is 0 Å². The van der Waals surface area contributed by atoms with Gasteiger partial charge in [0.1, 0.15) is 0 Å². The zero-order valence-electron chi connectivity index (χ0n) is 17.1. The maximum atomic E-state index is 12.7. The first-order chi connectivity index (χ1) is 14.4. The van der Waals surface area contributed by atoms with Crippen molar-refractivity contribution in [2.45, 2.75) is 13.8 Å². The maximum Gasteiger partial charge on any atom is 0.314 e. The molecule has 0 radical (unpaired) electrons. The summed E-state index contributed by atoms with van der Waals surface area (Å²) in [6, 6.07) is 10.8. The van der Waals surface area contributed by atoms with Gasteiger partial charge in [0, 0.05) is 43.1 Å². The molecule has 3 aromatic rings.